The molecule has 0 amide bonds. The van der Waals surface area contributed by atoms with Crippen LogP contribution in [0.25, 0.3) is 17.2 Å². The molecule has 0 N–H and O–H groups in total. The second-order valence-electron chi connectivity index (χ2n) is 6.69. The van der Waals surface area contributed by atoms with E-state index in [2.05, 4.69) is 18.7 Å². The third kappa shape index (κ3) is 5.41. The molecule has 0 fully saturated rings. The molecule has 0 aliphatic rings. The summed E-state index contributed by atoms with van der Waals surface area (Å²) in [4.78, 5) is 0. The Morgan fingerprint density at radius 1 is 0.774 bits per heavy atom. The molecule has 0 spiro atoms. The average Bonchev–Trinajstić information content (AvgIpc) is 2.83. The van der Waals surface area contributed by atoms with E-state index in [1.54, 1.807) is 54.6 Å². The van der Waals surface area contributed by atoms with Crippen LogP contribution in [-0.4, -0.2) is 6.61 Å². The van der Waals surface area contributed by atoms with Gasteiger partial charge in [-0.25, -0.2) is 0 Å². The molecule has 0 saturated heterocycles. The lowest BCUT2D eigenvalue weighted by Crippen LogP contribution is -1.96. The first-order chi connectivity index (χ1) is 15.2. The summed E-state index contributed by atoms with van der Waals surface area (Å²) in [6.07, 6.45) is 1.80. The fourth-order valence-electron chi connectivity index (χ4n) is 3.05. The minimum Gasteiger partial charge on any atom is -0.494 e. The van der Waals surface area contributed by atoms with E-state index in [0.717, 1.165) is 16.9 Å². The average molecular weight is 406 g/mol. The maximum atomic E-state index is 9.72. The molecular weight excluding hydrogens is 384 g/mol. The van der Waals surface area contributed by atoms with Crippen molar-refractivity contribution in [3.8, 4) is 23.6 Å². The highest BCUT2D eigenvalue weighted by Crippen LogP contribution is 2.28. The number of hydrogen-bond donors (Lipinski definition) is 0. The molecule has 0 heterocycles. The molecule has 0 aliphatic carbocycles. The lowest BCUT2D eigenvalue weighted by molar-refractivity contribution is 0.306. The van der Waals surface area contributed by atoms with E-state index in [4.69, 9.17) is 9.47 Å². The molecule has 0 radical (unpaired) electrons. The Hall–Kier alpha value is -4.28. The topological polar surface area (TPSA) is 66.0 Å². The van der Waals surface area contributed by atoms with Crippen LogP contribution in [0.2, 0.25) is 0 Å². The van der Waals surface area contributed by atoms with E-state index in [9.17, 15) is 10.5 Å². The van der Waals surface area contributed by atoms with Gasteiger partial charge in [-0.05, 0) is 77.7 Å². The van der Waals surface area contributed by atoms with Gasteiger partial charge in [-0.15, -0.1) is 0 Å². The summed E-state index contributed by atoms with van der Waals surface area (Å²) in [6.45, 7) is 6.67. The molecule has 0 unspecified atom stereocenters. The maximum Gasteiger partial charge on any atom is 0.119 e. The van der Waals surface area contributed by atoms with Crippen molar-refractivity contribution in [2.24, 2.45) is 0 Å². The summed E-state index contributed by atoms with van der Waals surface area (Å²) in [6, 6.07) is 26.7. The van der Waals surface area contributed by atoms with Crippen molar-refractivity contribution in [3.63, 3.8) is 0 Å². The highest BCUT2D eigenvalue weighted by Gasteiger charge is 2.12. The molecule has 0 aliphatic heterocycles. The maximum absolute atomic E-state index is 9.72. The van der Waals surface area contributed by atoms with Gasteiger partial charge in [0.05, 0.1) is 17.8 Å². The zero-order chi connectivity index (χ0) is 22.1. The lowest BCUT2D eigenvalue weighted by atomic mass is 9.96. The van der Waals surface area contributed by atoms with Crippen LogP contribution in [0.4, 0.5) is 0 Å². The van der Waals surface area contributed by atoms with Crippen LogP contribution in [0.3, 0.4) is 0 Å². The molecule has 4 heteroatoms. The van der Waals surface area contributed by atoms with E-state index in [1.807, 2.05) is 31.2 Å². The zero-order valence-corrected chi connectivity index (χ0v) is 17.3. The van der Waals surface area contributed by atoms with Crippen LogP contribution in [0, 0.1) is 22.7 Å². The second kappa shape index (κ2) is 10.5. The third-order valence-corrected chi connectivity index (χ3v) is 4.69. The molecule has 0 bridgehead atoms. The normalized spacial score (nSPS) is 10.9. The molecule has 4 nitrogen and oxygen atoms in total. The third-order valence-electron chi connectivity index (χ3n) is 4.69. The van der Waals surface area contributed by atoms with Crippen LogP contribution in [0.15, 0.2) is 79.4 Å². The van der Waals surface area contributed by atoms with Gasteiger partial charge in [-0.3, -0.25) is 0 Å². The molecule has 3 aromatic rings. The number of nitrogens with zero attached hydrogens (tertiary/aromatic N) is 2. The first-order valence-corrected chi connectivity index (χ1v) is 9.90. The molecule has 0 atom stereocenters. The highest BCUT2D eigenvalue weighted by molar-refractivity contribution is 6.02. The summed E-state index contributed by atoms with van der Waals surface area (Å²) >= 11 is 0. The number of nitriles is 2. The van der Waals surface area contributed by atoms with E-state index in [0.29, 0.717) is 41.2 Å². The van der Waals surface area contributed by atoms with Crippen molar-refractivity contribution < 1.29 is 9.47 Å². The van der Waals surface area contributed by atoms with Crippen LogP contribution in [-0.2, 0) is 6.61 Å². The Morgan fingerprint density at radius 3 is 1.68 bits per heavy atom. The molecular formula is C27H22N2O2. The van der Waals surface area contributed by atoms with Gasteiger partial charge in [0.2, 0.25) is 0 Å². The van der Waals surface area contributed by atoms with Crippen LogP contribution < -0.4 is 9.47 Å². The fraction of sp³-hybridized carbons (Fsp3) is 0.111. The van der Waals surface area contributed by atoms with E-state index < -0.39 is 0 Å². The summed E-state index contributed by atoms with van der Waals surface area (Å²) in [5, 5.41) is 19.4. The molecule has 31 heavy (non-hydrogen) atoms. The molecule has 152 valence electrons. The Kier molecular flexibility index (Phi) is 7.25. The minimum atomic E-state index is 0.318. The van der Waals surface area contributed by atoms with Gasteiger partial charge >= 0.3 is 0 Å². The van der Waals surface area contributed by atoms with Crippen molar-refractivity contribution >= 4 is 17.2 Å². The number of ether oxygens (including phenoxy) is 2. The Balaban J connectivity index is 1.78. The minimum absolute atomic E-state index is 0.318. The van der Waals surface area contributed by atoms with Gasteiger partial charge in [0.1, 0.15) is 30.2 Å². The summed E-state index contributed by atoms with van der Waals surface area (Å²) in [7, 11) is 0. The highest BCUT2D eigenvalue weighted by atomic mass is 16.5. The predicted octanol–water partition coefficient (Wildman–Crippen LogP) is 6.27. The van der Waals surface area contributed by atoms with Crippen molar-refractivity contribution in [2.75, 3.05) is 6.61 Å². The standard InChI is InChI=1S/C27H22N2O2/c1-3-20-5-7-21(8-6-20)19-31-25-15-11-23(12-16-25)27(18-29)26(17-28)22-9-13-24(14-10-22)30-4-2/h3,5-16H,1,4,19H2,2H3. The number of benzene rings is 3. The van der Waals surface area contributed by atoms with Gasteiger partial charge < -0.3 is 9.47 Å². The SMILES string of the molecule is C=Cc1ccc(COc2ccc(C(C#N)=C(C#N)c3ccc(OCC)cc3)cc2)cc1. The van der Waals surface area contributed by atoms with Crippen LogP contribution >= 0.6 is 0 Å². The van der Waals surface area contributed by atoms with Gasteiger partial charge in [-0.2, -0.15) is 10.5 Å². The fourth-order valence-corrected chi connectivity index (χ4v) is 3.05. The Morgan fingerprint density at radius 2 is 1.26 bits per heavy atom. The number of rotatable bonds is 8. The van der Waals surface area contributed by atoms with Crippen LogP contribution in [0.5, 0.6) is 11.5 Å². The largest absolute Gasteiger partial charge is 0.494 e. The second-order valence-corrected chi connectivity index (χ2v) is 6.69. The molecule has 3 aromatic carbocycles. The number of allylic oxidation sites excluding steroid dienone is 2. The summed E-state index contributed by atoms with van der Waals surface area (Å²) in [5.41, 5.74) is 4.08. The number of hydrogen-bond acceptors (Lipinski definition) is 4. The van der Waals surface area contributed by atoms with Crippen molar-refractivity contribution in [1.29, 1.82) is 10.5 Å². The molecule has 0 saturated carbocycles. The van der Waals surface area contributed by atoms with Gasteiger partial charge in [-0.1, -0.05) is 36.9 Å². The van der Waals surface area contributed by atoms with Gasteiger partial charge in [0, 0.05) is 0 Å². The van der Waals surface area contributed by atoms with Gasteiger partial charge in [0.25, 0.3) is 0 Å². The van der Waals surface area contributed by atoms with Gasteiger partial charge in [0.15, 0.2) is 0 Å². The van der Waals surface area contributed by atoms with E-state index in [-0.39, 0.29) is 0 Å². The Labute approximate surface area is 182 Å². The van der Waals surface area contributed by atoms with Crippen LogP contribution in [0.1, 0.15) is 29.2 Å². The predicted molar refractivity (Wildman–Crippen MR) is 123 cm³/mol. The lowest BCUT2D eigenvalue weighted by Gasteiger charge is -2.09. The summed E-state index contributed by atoms with van der Waals surface area (Å²) < 4.78 is 11.3. The monoisotopic (exact) mass is 406 g/mol. The quantitative estimate of drug-likeness (QED) is 0.327. The van der Waals surface area contributed by atoms with E-state index >= 15 is 0 Å². The van der Waals surface area contributed by atoms with Crippen molar-refractivity contribution in [2.45, 2.75) is 13.5 Å². The zero-order valence-electron chi connectivity index (χ0n) is 17.3. The summed E-state index contributed by atoms with van der Waals surface area (Å²) in [5.74, 6) is 1.41. The van der Waals surface area contributed by atoms with Crippen molar-refractivity contribution in [3.05, 3.63) is 102 Å². The first-order valence-electron chi connectivity index (χ1n) is 9.90. The van der Waals surface area contributed by atoms with E-state index in [1.165, 1.54) is 0 Å². The smallest absolute Gasteiger partial charge is 0.119 e. The Bertz CT molecular complexity index is 1140. The molecule has 0 aromatic heterocycles. The first kappa shape index (κ1) is 21.4. The molecule has 3 rings (SSSR count). The van der Waals surface area contributed by atoms with Crippen molar-refractivity contribution in [1.82, 2.24) is 0 Å².